The molecular formula is C36H58N2O5S. The van der Waals surface area contributed by atoms with Crippen molar-refractivity contribution >= 4 is 40.9 Å². The maximum absolute atomic E-state index is 14.4. The summed E-state index contributed by atoms with van der Waals surface area (Å²) in [5.41, 5.74) is 4.83. The third-order valence-corrected chi connectivity index (χ3v) is 12.9. The van der Waals surface area contributed by atoms with Gasteiger partial charge in [0.15, 0.2) is 5.78 Å². The van der Waals surface area contributed by atoms with Gasteiger partial charge >= 0.3 is 0 Å². The topological polar surface area (TPSA) is 115 Å². The van der Waals surface area contributed by atoms with Crippen molar-refractivity contribution in [2.75, 3.05) is 12.3 Å². The van der Waals surface area contributed by atoms with Gasteiger partial charge in [-0.1, -0.05) is 87.5 Å². The molecule has 3 saturated carbocycles. The molecule has 0 aromatic rings. The van der Waals surface area contributed by atoms with Crippen LogP contribution in [0.5, 0.6) is 0 Å². The predicted octanol–water partition coefficient (Wildman–Crippen LogP) is 6.39. The summed E-state index contributed by atoms with van der Waals surface area (Å²) < 4.78 is 0.128. The number of rotatable bonds is 14. The van der Waals surface area contributed by atoms with Crippen molar-refractivity contribution in [3.05, 3.63) is 0 Å². The molecule has 248 valence electrons. The maximum Gasteiger partial charge on any atom is 0.285 e. The molecule has 0 aromatic heterocycles. The van der Waals surface area contributed by atoms with Gasteiger partial charge in [0.25, 0.3) is 5.91 Å². The highest BCUT2D eigenvalue weighted by Gasteiger charge is 2.69. The van der Waals surface area contributed by atoms with Crippen molar-refractivity contribution in [1.29, 1.82) is 0 Å². The van der Waals surface area contributed by atoms with Crippen molar-refractivity contribution in [2.45, 2.75) is 137 Å². The van der Waals surface area contributed by atoms with E-state index in [1.54, 1.807) is 4.90 Å². The molecule has 3 aliphatic carbocycles. The van der Waals surface area contributed by atoms with E-state index in [1.165, 1.54) is 6.42 Å². The molecule has 4 rings (SSSR count). The number of amides is 2. The first kappa shape index (κ1) is 35.2. The highest BCUT2D eigenvalue weighted by atomic mass is 32.2. The van der Waals surface area contributed by atoms with Crippen LogP contribution in [0.4, 0.5) is 0 Å². The van der Waals surface area contributed by atoms with Gasteiger partial charge in [0.2, 0.25) is 11.7 Å². The molecule has 1 aliphatic heterocycles. The molecule has 0 radical (unpaired) electrons. The van der Waals surface area contributed by atoms with Crippen LogP contribution in [-0.2, 0) is 24.0 Å². The van der Waals surface area contributed by atoms with Crippen LogP contribution in [0.15, 0.2) is 0 Å². The number of likely N-dealkylation sites (tertiary alicyclic amines) is 1. The van der Waals surface area contributed by atoms with Gasteiger partial charge in [-0.15, -0.1) is 0 Å². The predicted molar refractivity (Wildman–Crippen MR) is 176 cm³/mol. The fourth-order valence-electron chi connectivity index (χ4n) is 8.21. The number of nitrogens with zero attached hydrogens (tertiary/aromatic N) is 1. The standard InChI is InChI=1S/C36H58N2O5S/c1-33(2,3)25(18-24(39)19-36(14-10-9-11-15-36)21-44-34(4,5)6)32(43)38-20-26-28(35(26,7)8)29(38)27(40)17-23(16-22-12-13-22)30(41)31(37)42/h22-23,25-26,28-29H,9-21H2,1-8H3,(H2,37,42)/t23?,25-,26?,28+,29-/m1/s1. The number of piperidine rings is 1. The molecule has 4 aliphatic rings. The van der Waals surface area contributed by atoms with Gasteiger partial charge in [-0.2, -0.15) is 11.8 Å². The number of fused-ring (bicyclic) bond motifs is 1. The fourth-order valence-corrected chi connectivity index (χ4v) is 9.34. The van der Waals surface area contributed by atoms with Gasteiger partial charge < -0.3 is 10.6 Å². The Balaban J connectivity index is 1.52. The van der Waals surface area contributed by atoms with Gasteiger partial charge in [0.1, 0.15) is 5.78 Å². The van der Waals surface area contributed by atoms with E-state index in [4.69, 9.17) is 5.73 Å². The molecule has 7 nitrogen and oxygen atoms in total. The zero-order valence-corrected chi connectivity index (χ0v) is 29.4. The second kappa shape index (κ2) is 12.8. The van der Waals surface area contributed by atoms with Crippen molar-refractivity contribution in [2.24, 2.45) is 51.6 Å². The average molecular weight is 631 g/mol. The van der Waals surface area contributed by atoms with E-state index < -0.39 is 35.0 Å². The minimum atomic E-state index is -0.990. The first-order valence-electron chi connectivity index (χ1n) is 17.1. The third kappa shape index (κ3) is 8.17. The number of hydrogen-bond donors (Lipinski definition) is 1. The number of primary amides is 1. The van der Waals surface area contributed by atoms with Crippen molar-refractivity contribution in [1.82, 2.24) is 4.90 Å². The Bertz CT molecular complexity index is 1140. The summed E-state index contributed by atoms with van der Waals surface area (Å²) >= 11 is 1.94. The normalized spacial score (nSPS) is 27.3. The smallest absolute Gasteiger partial charge is 0.285 e. The zero-order chi connectivity index (χ0) is 32.8. The zero-order valence-electron chi connectivity index (χ0n) is 28.6. The van der Waals surface area contributed by atoms with Crippen LogP contribution in [0.3, 0.4) is 0 Å². The van der Waals surface area contributed by atoms with Crippen molar-refractivity contribution < 1.29 is 24.0 Å². The highest BCUT2D eigenvalue weighted by Crippen LogP contribution is 2.65. The summed E-state index contributed by atoms with van der Waals surface area (Å²) in [7, 11) is 0. The van der Waals surface area contributed by atoms with Gasteiger partial charge in [0.05, 0.1) is 6.04 Å². The van der Waals surface area contributed by atoms with E-state index in [9.17, 15) is 24.0 Å². The van der Waals surface area contributed by atoms with E-state index in [-0.39, 0.29) is 57.7 Å². The van der Waals surface area contributed by atoms with E-state index in [0.29, 0.717) is 25.3 Å². The molecule has 4 fully saturated rings. The van der Waals surface area contributed by atoms with Crippen LogP contribution in [0.25, 0.3) is 0 Å². The van der Waals surface area contributed by atoms with Crippen molar-refractivity contribution in [3.63, 3.8) is 0 Å². The van der Waals surface area contributed by atoms with Crippen LogP contribution in [0.1, 0.15) is 126 Å². The van der Waals surface area contributed by atoms with E-state index in [1.807, 2.05) is 32.5 Å². The molecule has 0 spiro atoms. The first-order valence-corrected chi connectivity index (χ1v) is 18.1. The molecule has 1 saturated heterocycles. The lowest BCUT2D eigenvalue weighted by Crippen LogP contribution is -2.51. The van der Waals surface area contributed by atoms with E-state index in [2.05, 4.69) is 34.6 Å². The summed E-state index contributed by atoms with van der Waals surface area (Å²) in [5.74, 6) is -1.46. The average Bonchev–Trinajstić information content (AvgIpc) is 3.76. The first-order chi connectivity index (χ1) is 20.3. The molecule has 0 aromatic carbocycles. The largest absolute Gasteiger partial charge is 0.363 e. The van der Waals surface area contributed by atoms with Crippen LogP contribution < -0.4 is 5.73 Å². The summed E-state index contributed by atoms with van der Waals surface area (Å²) in [6.07, 6.45) is 8.77. The quantitative estimate of drug-likeness (QED) is 0.222. The van der Waals surface area contributed by atoms with E-state index >= 15 is 0 Å². The minimum absolute atomic E-state index is 0.0138. The lowest BCUT2D eigenvalue weighted by Gasteiger charge is -2.40. The molecule has 1 heterocycles. The van der Waals surface area contributed by atoms with Gasteiger partial charge in [-0.3, -0.25) is 24.0 Å². The summed E-state index contributed by atoms with van der Waals surface area (Å²) in [6.45, 7) is 17.5. The number of carbonyl (C=O) groups excluding carboxylic acids is 5. The van der Waals surface area contributed by atoms with Gasteiger partial charge in [0, 0.05) is 42.4 Å². The monoisotopic (exact) mass is 630 g/mol. The Morgan fingerprint density at radius 1 is 0.932 bits per heavy atom. The highest BCUT2D eigenvalue weighted by molar-refractivity contribution is 8.00. The van der Waals surface area contributed by atoms with Crippen LogP contribution in [0.2, 0.25) is 0 Å². The Labute approximate surface area is 270 Å². The van der Waals surface area contributed by atoms with Crippen LogP contribution >= 0.6 is 11.8 Å². The Morgan fingerprint density at radius 3 is 2.07 bits per heavy atom. The Morgan fingerprint density at radius 2 is 1.55 bits per heavy atom. The third-order valence-electron chi connectivity index (χ3n) is 11.3. The summed E-state index contributed by atoms with van der Waals surface area (Å²) in [5, 5.41) is 0. The molecule has 2 unspecified atom stereocenters. The van der Waals surface area contributed by atoms with Gasteiger partial charge in [-0.25, -0.2) is 0 Å². The number of Topliss-reactive ketones (excluding diaryl/α,β-unsaturated/α-hetero) is 3. The number of thioether (sulfide) groups is 1. The Hall–Kier alpha value is -1.70. The number of carbonyl (C=O) groups is 5. The Kier molecular flexibility index (Phi) is 10.3. The van der Waals surface area contributed by atoms with E-state index in [0.717, 1.165) is 44.3 Å². The summed E-state index contributed by atoms with van der Waals surface area (Å²) in [4.78, 5) is 68.6. The molecular weight excluding hydrogens is 572 g/mol. The lowest BCUT2D eigenvalue weighted by molar-refractivity contribution is -0.148. The van der Waals surface area contributed by atoms with Gasteiger partial charge in [-0.05, 0) is 59.0 Å². The molecule has 8 heteroatoms. The lowest BCUT2D eigenvalue weighted by atomic mass is 9.70. The molecule has 2 amide bonds. The second-order valence-corrected chi connectivity index (χ2v) is 19.3. The SMILES string of the molecule is CC(C)(C)SCC1(CC(=O)C[C@H](C(=O)N2CC3[C@@H]([C@H]2C(=O)CC(CC2CC2)C(=O)C(N)=O)C3(C)C)C(C)(C)C)CCCCC1. The maximum atomic E-state index is 14.4. The van der Waals surface area contributed by atoms with Crippen molar-refractivity contribution in [3.8, 4) is 0 Å². The van der Waals surface area contributed by atoms with Crippen LogP contribution in [-0.4, -0.2) is 57.2 Å². The number of hydrogen-bond acceptors (Lipinski definition) is 6. The minimum Gasteiger partial charge on any atom is -0.363 e. The molecule has 0 bridgehead atoms. The number of nitrogens with two attached hydrogens (primary N) is 1. The molecule has 44 heavy (non-hydrogen) atoms. The number of ketones is 3. The van der Waals surface area contributed by atoms with Crippen LogP contribution in [0, 0.1) is 45.8 Å². The fraction of sp³-hybridized carbons (Fsp3) is 0.861. The summed E-state index contributed by atoms with van der Waals surface area (Å²) in [6, 6.07) is -0.627. The molecule has 5 atom stereocenters. The molecule has 2 N–H and O–H groups in total. The second-order valence-electron chi connectivity index (χ2n) is 17.5.